The van der Waals surface area contributed by atoms with Crippen LogP contribution in [0.1, 0.15) is 62.6 Å². The zero-order valence-electron chi connectivity index (χ0n) is 22.3. The molecule has 4 rings (SSSR count). The molecule has 0 radical (unpaired) electrons. The number of aromatic nitrogens is 2. The largest absolute Gasteiger partial charge is 0.443 e. The Morgan fingerprint density at radius 1 is 1.08 bits per heavy atom. The quantitative estimate of drug-likeness (QED) is 0.391. The van der Waals surface area contributed by atoms with Crippen LogP contribution in [0.15, 0.2) is 63.1 Å². The first-order chi connectivity index (χ1) is 18.3. The molecule has 1 N–H and O–H groups in total. The van der Waals surface area contributed by atoms with Crippen LogP contribution in [-0.4, -0.2) is 26.7 Å². The van der Waals surface area contributed by atoms with Gasteiger partial charge in [-0.05, 0) is 80.3 Å². The van der Waals surface area contributed by atoms with Crippen LogP contribution < -0.4 is 16.0 Å². The van der Waals surface area contributed by atoms with Gasteiger partial charge in [0.2, 0.25) is 0 Å². The fourth-order valence-corrected chi connectivity index (χ4v) is 4.97. The Morgan fingerprint density at radius 3 is 2.42 bits per heavy atom. The van der Waals surface area contributed by atoms with Crippen molar-refractivity contribution in [3.05, 3.63) is 91.1 Å². The summed E-state index contributed by atoms with van der Waals surface area (Å²) in [5, 5.41) is 9.97. The van der Waals surface area contributed by atoms with E-state index in [9.17, 15) is 14.7 Å². The first-order valence-electron chi connectivity index (χ1n) is 13.4. The number of aryl methyl sites for hydroxylation is 1. The maximum absolute atomic E-state index is 13.4. The lowest BCUT2D eigenvalue weighted by atomic mass is 9.94. The predicted molar refractivity (Wildman–Crippen MR) is 152 cm³/mol. The normalized spacial score (nSPS) is 15.2. The van der Waals surface area contributed by atoms with Gasteiger partial charge in [0.1, 0.15) is 11.6 Å². The second-order valence-electron chi connectivity index (χ2n) is 10.0. The summed E-state index contributed by atoms with van der Waals surface area (Å²) >= 11 is 6.07. The van der Waals surface area contributed by atoms with E-state index in [0.717, 1.165) is 18.4 Å². The summed E-state index contributed by atoms with van der Waals surface area (Å²) in [6.45, 7) is 6.62. The molecular formula is C30H36ClN3O4. The lowest BCUT2D eigenvalue weighted by Crippen LogP contribution is -2.41. The topological polar surface area (TPSA) is 85.8 Å². The Labute approximate surface area is 228 Å². The molecule has 2 heterocycles. The third kappa shape index (κ3) is 6.27. The molecule has 0 saturated heterocycles. The minimum atomic E-state index is -0.409. The molecule has 7 nitrogen and oxygen atoms in total. The van der Waals surface area contributed by atoms with E-state index in [-0.39, 0.29) is 24.6 Å². The lowest BCUT2D eigenvalue weighted by molar-refractivity contribution is 0.277. The highest BCUT2D eigenvalue weighted by Crippen LogP contribution is 2.29. The molecule has 0 saturated carbocycles. The molecule has 0 amide bonds. The molecule has 38 heavy (non-hydrogen) atoms. The molecule has 3 aromatic rings. The summed E-state index contributed by atoms with van der Waals surface area (Å²) in [6, 6.07) is 15.8. The highest BCUT2D eigenvalue weighted by Gasteiger charge is 2.28. The van der Waals surface area contributed by atoms with E-state index >= 15 is 0 Å². The highest BCUT2D eigenvalue weighted by molar-refractivity contribution is 6.30. The molecule has 1 aliphatic rings. The van der Waals surface area contributed by atoms with Crippen LogP contribution in [0.2, 0.25) is 5.02 Å². The van der Waals surface area contributed by atoms with Gasteiger partial charge >= 0.3 is 5.69 Å². The Bertz CT molecular complexity index is 1390. The predicted octanol–water partition coefficient (Wildman–Crippen LogP) is 5.49. The third-order valence-electron chi connectivity index (χ3n) is 7.12. The van der Waals surface area contributed by atoms with Gasteiger partial charge < -0.3 is 9.84 Å². The van der Waals surface area contributed by atoms with Crippen molar-refractivity contribution < 1.29 is 9.84 Å². The van der Waals surface area contributed by atoms with Gasteiger partial charge in [0.25, 0.3) is 5.56 Å². The molecular weight excluding hydrogens is 502 g/mol. The monoisotopic (exact) mass is 537 g/mol. The van der Waals surface area contributed by atoms with Gasteiger partial charge in [0.05, 0.1) is 5.56 Å². The smallest absolute Gasteiger partial charge is 0.332 e. The number of ether oxygens (including phenoxy) is 1. The van der Waals surface area contributed by atoms with Crippen LogP contribution in [0.5, 0.6) is 5.75 Å². The van der Waals surface area contributed by atoms with Crippen molar-refractivity contribution in [1.82, 2.24) is 9.13 Å². The first kappa shape index (κ1) is 27.9. The van der Waals surface area contributed by atoms with E-state index in [2.05, 4.69) is 26.0 Å². The number of rotatable bonds is 9. The van der Waals surface area contributed by atoms with Crippen molar-refractivity contribution in [3.8, 4) is 5.75 Å². The van der Waals surface area contributed by atoms with Crippen LogP contribution in [0, 0.1) is 5.92 Å². The first-order valence-corrected chi connectivity index (χ1v) is 13.8. The molecule has 202 valence electrons. The van der Waals surface area contributed by atoms with E-state index in [1.165, 1.54) is 10.1 Å². The van der Waals surface area contributed by atoms with Gasteiger partial charge in [0, 0.05) is 30.6 Å². The SMILES string of the molecule is CCn1c2c(c(=O)n(CCCO)c1=O)CCC(CCc1ccc(Cl)cc1)C(Oc1ccc(C(C)C)cc1)=N2. The fourth-order valence-electron chi connectivity index (χ4n) is 4.85. The molecule has 0 spiro atoms. The Kier molecular flexibility index (Phi) is 9.23. The van der Waals surface area contributed by atoms with Crippen LogP contribution in [0.25, 0.3) is 0 Å². The molecule has 2 aromatic carbocycles. The third-order valence-corrected chi connectivity index (χ3v) is 7.37. The molecule has 1 atom stereocenters. The molecule has 1 unspecified atom stereocenters. The van der Waals surface area contributed by atoms with Gasteiger partial charge in [-0.2, -0.15) is 4.99 Å². The van der Waals surface area contributed by atoms with E-state index in [1.54, 1.807) is 4.57 Å². The van der Waals surface area contributed by atoms with Crippen molar-refractivity contribution in [2.75, 3.05) is 6.61 Å². The van der Waals surface area contributed by atoms with Crippen LogP contribution in [-0.2, 0) is 25.9 Å². The van der Waals surface area contributed by atoms with E-state index in [0.29, 0.717) is 59.8 Å². The second kappa shape index (κ2) is 12.6. The standard InChI is InChI=1S/C30H36ClN3O4/c1-4-33-27-26(29(36)34(30(33)37)18-5-19-35)17-12-23(9-6-21-7-13-24(31)14-8-21)28(32-27)38-25-15-10-22(11-16-25)20(2)3/h7-8,10-11,13-16,20,23,35H,4-6,9,12,17-19H2,1-3H3. The van der Waals surface area contributed by atoms with Gasteiger partial charge in [-0.15, -0.1) is 0 Å². The summed E-state index contributed by atoms with van der Waals surface area (Å²) < 4.78 is 9.17. The number of hydrogen-bond acceptors (Lipinski definition) is 5. The zero-order valence-corrected chi connectivity index (χ0v) is 23.1. The zero-order chi connectivity index (χ0) is 27.2. The van der Waals surface area contributed by atoms with E-state index in [1.807, 2.05) is 43.3 Å². The Hall–Kier alpha value is -3.16. The van der Waals surface area contributed by atoms with Gasteiger partial charge in [-0.25, -0.2) is 4.79 Å². The number of halogens is 1. The molecule has 1 aromatic heterocycles. The minimum Gasteiger partial charge on any atom is -0.443 e. The molecule has 0 aliphatic carbocycles. The molecule has 8 heteroatoms. The van der Waals surface area contributed by atoms with Crippen molar-refractivity contribution in [2.24, 2.45) is 10.9 Å². The highest BCUT2D eigenvalue weighted by atomic mass is 35.5. The van der Waals surface area contributed by atoms with Gasteiger partial charge in [0.15, 0.2) is 5.90 Å². The number of aliphatic imine (C=N–C) groups is 1. The number of benzene rings is 2. The molecule has 0 fully saturated rings. The van der Waals surface area contributed by atoms with Crippen LogP contribution in [0.3, 0.4) is 0 Å². The van der Waals surface area contributed by atoms with Crippen molar-refractivity contribution in [1.29, 1.82) is 0 Å². The van der Waals surface area contributed by atoms with E-state index in [4.69, 9.17) is 21.3 Å². The summed E-state index contributed by atoms with van der Waals surface area (Å²) in [6.07, 6.45) is 3.06. The van der Waals surface area contributed by atoms with Crippen LogP contribution in [0.4, 0.5) is 5.82 Å². The Balaban J connectivity index is 1.74. The molecule has 1 aliphatic heterocycles. The van der Waals surface area contributed by atoms with Crippen molar-refractivity contribution in [2.45, 2.75) is 71.9 Å². The number of nitrogens with zero attached hydrogens (tertiary/aromatic N) is 3. The summed E-state index contributed by atoms with van der Waals surface area (Å²) in [5.74, 6) is 1.93. The number of aliphatic hydroxyl groups is 1. The minimum absolute atomic E-state index is 0.0476. The van der Waals surface area contributed by atoms with Gasteiger partial charge in [-0.1, -0.05) is 49.7 Å². The average Bonchev–Trinajstić information content (AvgIpc) is 3.08. The maximum Gasteiger partial charge on any atom is 0.332 e. The van der Waals surface area contributed by atoms with Gasteiger partial charge in [-0.3, -0.25) is 13.9 Å². The Morgan fingerprint density at radius 2 is 1.79 bits per heavy atom. The van der Waals surface area contributed by atoms with Crippen LogP contribution >= 0.6 is 11.6 Å². The van der Waals surface area contributed by atoms with Crippen molar-refractivity contribution in [3.63, 3.8) is 0 Å². The molecule has 0 bridgehead atoms. The summed E-state index contributed by atoms with van der Waals surface area (Å²) in [4.78, 5) is 31.5. The van der Waals surface area contributed by atoms with E-state index < -0.39 is 5.69 Å². The number of hydrogen-bond donors (Lipinski definition) is 1. The lowest BCUT2D eigenvalue weighted by Gasteiger charge is -2.18. The maximum atomic E-state index is 13.4. The van der Waals surface area contributed by atoms with Crippen molar-refractivity contribution >= 4 is 23.3 Å². The summed E-state index contributed by atoms with van der Waals surface area (Å²) in [5.41, 5.74) is 2.16. The summed E-state index contributed by atoms with van der Waals surface area (Å²) in [7, 11) is 0. The second-order valence-corrected chi connectivity index (χ2v) is 10.5. The average molecular weight is 538 g/mol. The number of fused-ring (bicyclic) bond motifs is 1. The number of aliphatic hydroxyl groups excluding tert-OH is 1. The fraction of sp³-hybridized carbons (Fsp3) is 0.433.